The van der Waals surface area contributed by atoms with E-state index in [4.69, 9.17) is 9.84 Å². The molecule has 0 radical (unpaired) electrons. The lowest BCUT2D eigenvalue weighted by atomic mass is 9.96. The first-order valence-electron chi connectivity index (χ1n) is 6.14. The molecule has 0 aliphatic carbocycles. The van der Waals surface area contributed by atoms with Crippen molar-refractivity contribution >= 4 is 5.97 Å². The van der Waals surface area contributed by atoms with Crippen LogP contribution in [0.2, 0.25) is 0 Å². The van der Waals surface area contributed by atoms with Gasteiger partial charge in [0.25, 0.3) is 0 Å². The van der Waals surface area contributed by atoms with Gasteiger partial charge < -0.3 is 9.84 Å². The first kappa shape index (κ1) is 12.1. The van der Waals surface area contributed by atoms with E-state index < -0.39 is 5.97 Å². The van der Waals surface area contributed by atoms with Crippen LogP contribution in [0.3, 0.4) is 0 Å². The van der Waals surface area contributed by atoms with Crippen molar-refractivity contribution in [1.29, 1.82) is 0 Å². The van der Waals surface area contributed by atoms with Crippen molar-refractivity contribution in [3.05, 3.63) is 35.4 Å². The van der Waals surface area contributed by atoms with Gasteiger partial charge in [0.15, 0.2) is 0 Å². The molecular formula is C14H18O3. The van der Waals surface area contributed by atoms with Gasteiger partial charge >= 0.3 is 5.97 Å². The summed E-state index contributed by atoms with van der Waals surface area (Å²) < 4.78 is 5.37. The van der Waals surface area contributed by atoms with Crippen LogP contribution in [-0.4, -0.2) is 24.3 Å². The average molecular weight is 234 g/mol. The Morgan fingerprint density at radius 3 is 2.71 bits per heavy atom. The number of hydrogen-bond donors (Lipinski definition) is 1. The zero-order valence-electron chi connectivity index (χ0n) is 9.89. The lowest BCUT2D eigenvalue weighted by Crippen LogP contribution is -1.98. The molecule has 92 valence electrons. The highest BCUT2D eigenvalue weighted by atomic mass is 16.5. The summed E-state index contributed by atoms with van der Waals surface area (Å²) in [6.45, 7) is 1.70. The Bertz CT molecular complexity index is 364. The second-order valence-electron chi connectivity index (χ2n) is 4.55. The first-order valence-corrected chi connectivity index (χ1v) is 6.14. The minimum absolute atomic E-state index is 0.248. The maximum atomic E-state index is 10.4. The number of ether oxygens (including phenoxy) is 1. The van der Waals surface area contributed by atoms with E-state index in [0.717, 1.165) is 26.1 Å². The largest absolute Gasteiger partial charge is 0.481 e. The van der Waals surface area contributed by atoms with Crippen molar-refractivity contribution in [2.45, 2.75) is 31.6 Å². The van der Waals surface area contributed by atoms with E-state index in [1.807, 2.05) is 0 Å². The van der Waals surface area contributed by atoms with Gasteiger partial charge in [-0.25, -0.2) is 0 Å². The van der Waals surface area contributed by atoms with Crippen LogP contribution in [0.15, 0.2) is 24.3 Å². The molecule has 1 aliphatic rings. The van der Waals surface area contributed by atoms with Crippen molar-refractivity contribution in [3.8, 4) is 0 Å². The van der Waals surface area contributed by atoms with E-state index in [0.29, 0.717) is 12.3 Å². The van der Waals surface area contributed by atoms with E-state index in [-0.39, 0.29) is 6.42 Å². The quantitative estimate of drug-likeness (QED) is 0.851. The summed E-state index contributed by atoms with van der Waals surface area (Å²) >= 11 is 0. The molecule has 1 atom stereocenters. The Kier molecular flexibility index (Phi) is 4.15. The van der Waals surface area contributed by atoms with Crippen LogP contribution in [0.5, 0.6) is 0 Å². The van der Waals surface area contributed by atoms with Gasteiger partial charge in [0.05, 0.1) is 6.61 Å². The highest BCUT2D eigenvalue weighted by molar-refractivity contribution is 5.66. The summed E-state index contributed by atoms with van der Waals surface area (Å²) in [6.07, 6.45) is 2.91. The number of carboxylic acids is 1. The fourth-order valence-electron chi connectivity index (χ4n) is 2.20. The van der Waals surface area contributed by atoms with Crippen LogP contribution >= 0.6 is 0 Å². The maximum absolute atomic E-state index is 10.4. The Hall–Kier alpha value is -1.35. The summed E-state index contributed by atoms with van der Waals surface area (Å²) in [5.41, 5.74) is 2.55. The van der Waals surface area contributed by atoms with E-state index in [1.54, 1.807) is 0 Å². The summed E-state index contributed by atoms with van der Waals surface area (Å²) in [6, 6.07) is 8.51. The molecule has 1 heterocycles. The Balaban J connectivity index is 1.86. The third-order valence-electron chi connectivity index (χ3n) is 3.24. The normalized spacial score (nSPS) is 19.4. The molecule has 2 rings (SSSR count). The molecule has 1 aliphatic heterocycles. The molecule has 0 aromatic heterocycles. The molecule has 3 nitrogen and oxygen atoms in total. The van der Waals surface area contributed by atoms with Crippen molar-refractivity contribution < 1.29 is 14.6 Å². The first-order chi connectivity index (χ1) is 8.25. The predicted octanol–water partition coefficient (Wildman–Crippen LogP) is 2.60. The Morgan fingerprint density at radius 2 is 2.12 bits per heavy atom. The number of hydrogen-bond acceptors (Lipinski definition) is 2. The van der Waals surface area contributed by atoms with Gasteiger partial charge in [0.2, 0.25) is 0 Å². The van der Waals surface area contributed by atoms with Crippen LogP contribution in [0, 0.1) is 0 Å². The maximum Gasteiger partial charge on any atom is 0.303 e. The average Bonchev–Trinajstić information content (AvgIpc) is 2.83. The summed E-state index contributed by atoms with van der Waals surface area (Å²) in [4.78, 5) is 10.4. The van der Waals surface area contributed by atoms with Gasteiger partial charge in [-0.3, -0.25) is 4.79 Å². The highest BCUT2D eigenvalue weighted by Crippen LogP contribution is 2.25. The van der Waals surface area contributed by atoms with Gasteiger partial charge in [-0.15, -0.1) is 0 Å². The number of aliphatic carboxylic acids is 1. The second-order valence-corrected chi connectivity index (χ2v) is 4.55. The number of carbonyl (C=O) groups is 1. The molecule has 17 heavy (non-hydrogen) atoms. The molecular weight excluding hydrogens is 216 g/mol. The van der Waals surface area contributed by atoms with E-state index in [1.165, 1.54) is 11.1 Å². The Labute approximate surface area is 101 Å². The lowest BCUT2D eigenvalue weighted by molar-refractivity contribution is -0.137. The van der Waals surface area contributed by atoms with Crippen LogP contribution in [0.25, 0.3) is 0 Å². The molecule has 3 heteroatoms. The van der Waals surface area contributed by atoms with Crippen molar-refractivity contribution in [2.75, 3.05) is 13.2 Å². The highest BCUT2D eigenvalue weighted by Gasteiger charge is 2.17. The van der Waals surface area contributed by atoms with E-state index >= 15 is 0 Å². The fourth-order valence-corrected chi connectivity index (χ4v) is 2.20. The predicted molar refractivity (Wildman–Crippen MR) is 65.2 cm³/mol. The molecule has 1 aromatic rings. The monoisotopic (exact) mass is 234 g/mol. The second kappa shape index (κ2) is 5.82. The van der Waals surface area contributed by atoms with E-state index in [9.17, 15) is 4.79 Å². The molecule has 0 bridgehead atoms. The minimum Gasteiger partial charge on any atom is -0.481 e. The fraction of sp³-hybridized carbons (Fsp3) is 0.500. The number of aryl methyl sites for hydroxylation is 1. The molecule has 0 saturated carbocycles. The van der Waals surface area contributed by atoms with Crippen molar-refractivity contribution in [1.82, 2.24) is 0 Å². The van der Waals surface area contributed by atoms with Crippen molar-refractivity contribution in [3.63, 3.8) is 0 Å². The molecule has 0 spiro atoms. The molecule has 1 saturated heterocycles. The van der Waals surface area contributed by atoms with Crippen molar-refractivity contribution in [2.24, 2.45) is 0 Å². The number of benzene rings is 1. The van der Waals surface area contributed by atoms with Crippen LogP contribution in [0.4, 0.5) is 0 Å². The standard InChI is InChI=1S/C14H18O3/c15-14(16)3-1-2-11-4-6-12(7-5-11)13-8-9-17-10-13/h4-7,13H,1-3,8-10H2,(H,15,16). The van der Waals surface area contributed by atoms with Crippen LogP contribution in [-0.2, 0) is 16.0 Å². The van der Waals surface area contributed by atoms with Gasteiger partial charge in [-0.2, -0.15) is 0 Å². The zero-order chi connectivity index (χ0) is 12.1. The van der Waals surface area contributed by atoms with Gasteiger partial charge in [0, 0.05) is 18.9 Å². The third-order valence-corrected chi connectivity index (χ3v) is 3.24. The summed E-state index contributed by atoms with van der Waals surface area (Å²) in [5, 5.41) is 8.57. The SMILES string of the molecule is O=C(O)CCCc1ccc(C2CCOC2)cc1. The lowest BCUT2D eigenvalue weighted by Gasteiger charge is -2.08. The molecule has 1 fully saturated rings. The van der Waals surface area contributed by atoms with Gasteiger partial charge in [-0.05, 0) is 30.4 Å². The third kappa shape index (κ3) is 3.56. The smallest absolute Gasteiger partial charge is 0.303 e. The van der Waals surface area contributed by atoms with E-state index in [2.05, 4.69) is 24.3 Å². The number of carboxylic acid groups (broad SMARTS) is 1. The molecule has 0 amide bonds. The number of rotatable bonds is 5. The van der Waals surface area contributed by atoms with Gasteiger partial charge in [-0.1, -0.05) is 24.3 Å². The molecule has 1 aromatic carbocycles. The Morgan fingerprint density at radius 1 is 1.35 bits per heavy atom. The van der Waals surface area contributed by atoms with Crippen LogP contribution < -0.4 is 0 Å². The molecule has 1 unspecified atom stereocenters. The minimum atomic E-state index is -0.718. The summed E-state index contributed by atoms with van der Waals surface area (Å²) in [7, 11) is 0. The summed E-state index contributed by atoms with van der Waals surface area (Å²) in [5.74, 6) is -0.173. The van der Waals surface area contributed by atoms with Crippen LogP contribution in [0.1, 0.15) is 36.3 Å². The van der Waals surface area contributed by atoms with Gasteiger partial charge in [0.1, 0.15) is 0 Å². The zero-order valence-corrected chi connectivity index (χ0v) is 9.89. The topological polar surface area (TPSA) is 46.5 Å². The molecule has 1 N–H and O–H groups in total.